The van der Waals surface area contributed by atoms with Crippen LogP contribution < -0.4 is 0 Å². The van der Waals surface area contributed by atoms with Crippen molar-refractivity contribution < 1.29 is 4.79 Å². The number of thioether (sulfide) groups is 1. The second kappa shape index (κ2) is 8.20. The van der Waals surface area contributed by atoms with Crippen LogP contribution in [0.3, 0.4) is 0 Å². The highest BCUT2D eigenvalue weighted by atomic mass is 32.2. The topological polar surface area (TPSA) is 17.1 Å². The molecule has 0 radical (unpaired) electrons. The Balaban J connectivity index is 1.93. The predicted molar refractivity (Wildman–Crippen MR) is 68.5 cm³/mol. The van der Waals surface area contributed by atoms with Crippen molar-refractivity contribution in [3.8, 4) is 0 Å². The van der Waals surface area contributed by atoms with Crippen LogP contribution in [0.1, 0.15) is 64.7 Å². The monoisotopic (exact) mass is 228 g/mol. The smallest absolute Gasteiger partial charge is 0.142 e. The van der Waals surface area contributed by atoms with Gasteiger partial charge in [-0.05, 0) is 19.3 Å². The second-order valence-corrected chi connectivity index (χ2v) is 5.86. The molecular weight excluding hydrogens is 204 g/mol. The molecule has 1 saturated carbocycles. The molecule has 1 fully saturated rings. The second-order valence-electron chi connectivity index (χ2n) is 4.57. The van der Waals surface area contributed by atoms with Crippen LogP contribution in [0.25, 0.3) is 0 Å². The average Bonchev–Trinajstić information content (AvgIpc) is 2.74. The summed E-state index contributed by atoms with van der Waals surface area (Å²) in [5, 5.41) is 0.796. The van der Waals surface area contributed by atoms with Crippen molar-refractivity contribution in [3.63, 3.8) is 0 Å². The molecule has 1 rings (SSSR count). The van der Waals surface area contributed by atoms with Crippen LogP contribution in [0.5, 0.6) is 0 Å². The van der Waals surface area contributed by atoms with Gasteiger partial charge in [0.05, 0.1) is 5.75 Å². The number of carbonyl (C=O) groups is 1. The average molecular weight is 228 g/mol. The van der Waals surface area contributed by atoms with Crippen molar-refractivity contribution in [2.75, 3.05) is 5.75 Å². The highest BCUT2D eigenvalue weighted by Crippen LogP contribution is 2.29. The van der Waals surface area contributed by atoms with Crippen molar-refractivity contribution in [1.29, 1.82) is 0 Å². The summed E-state index contributed by atoms with van der Waals surface area (Å²) in [6.07, 6.45) is 11.1. The summed E-state index contributed by atoms with van der Waals surface area (Å²) in [4.78, 5) is 11.5. The highest BCUT2D eigenvalue weighted by molar-refractivity contribution is 8.00. The SMILES string of the molecule is CCCCCCC(=O)CSC1CCCC1. The molecule has 0 bridgehead atoms. The number of hydrogen-bond donors (Lipinski definition) is 0. The number of Topliss-reactive ketones (excluding diaryl/α,β-unsaturated/α-hetero) is 1. The minimum Gasteiger partial charge on any atom is -0.299 e. The fraction of sp³-hybridized carbons (Fsp3) is 0.923. The number of carbonyl (C=O) groups excluding carboxylic acids is 1. The maximum absolute atomic E-state index is 11.5. The summed E-state index contributed by atoms with van der Waals surface area (Å²) in [7, 11) is 0. The first-order valence-electron chi connectivity index (χ1n) is 6.46. The molecule has 0 aromatic carbocycles. The van der Waals surface area contributed by atoms with E-state index >= 15 is 0 Å². The normalized spacial score (nSPS) is 17.1. The molecule has 0 amide bonds. The van der Waals surface area contributed by atoms with Gasteiger partial charge in [-0.3, -0.25) is 4.79 Å². The van der Waals surface area contributed by atoms with Gasteiger partial charge in [-0.1, -0.05) is 39.0 Å². The molecule has 0 aliphatic heterocycles. The molecule has 2 heteroatoms. The van der Waals surface area contributed by atoms with E-state index in [0.29, 0.717) is 5.78 Å². The van der Waals surface area contributed by atoms with E-state index in [1.54, 1.807) is 0 Å². The molecule has 0 heterocycles. The van der Waals surface area contributed by atoms with Gasteiger partial charge in [-0.15, -0.1) is 0 Å². The zero-order chi connectivity index (χ0) is 10.9. The van der Waals surface area contributed by atoms with Gasteiger partial charge in [-0.25, -0.2) is 0 Å². The zero-order valence-corrected chi connectivity index (χ0v) is 10.8. The van der Waals surface area contributed by atoms with Crippen molar-refractivity contribution in [3.05, 3.63) is 0 Å². The molecule has 0 aromatic heterocycles. The molecular formula is C13H24OS. The van der Waals surface area contributed by atoms with Gasteiger partial charge >= 0.3 is 0 Å². The Morgan fingerprint density at radius 1 is 1.20 bits per heavy atom. The van der Waals surface area contributed by atoms with Crippen LogP contribution in [-0.2, 0) is 4.79 Å². The third-order valence-corrected chi connectivity index (χ3v) is 4.52. The fourth-order valence-corrected chi connectivity index (χ4v) is 3.32. The van der Waals surface area contributed by atoms with E-state index in [-0.39, 0.29) is 0 Å². The number of hydrogen-bond acceptors (Lipinski definition) is 2. The lowest BCUT2D eigenvalue weighted by Crippen LogP contribution is -2.05. The van der Waals surface area contributed by atoms with E-state index in [1.807, 2.05) is 11.8 Å². The molecule has 0 spiro atoms. The van der Waals surface area contributed by atoms with Gasteiger partial charge in [-0.2, -0.15) is 11.8 Å². The van der Waals surface area contributed by atoms with E-state index in [0.717, 1.165) is 23.8 Å². The summed E-state index contributed by atoms with van der Waals surface area (Å²) in [6.45, 7) is 2.21. The van der Waals surface area contributed by atoms with E-state index in [9.17, 15) is 4.79 Å². The van der Waals surface area contributed by atoms with Crippen LogP contribution >= 0.6 is 11.8 Å². The van der Waals surface area contributed by atoms with Crippen molar-refractivity contribution in [2.24, 2.45) is 0 Å². The molecule has 0 N–H and O–H groups in total. The Morgan fingerprint density at radius 2 is 1.93 bits per heavy atom. The Bertz CT molecular complexity index is 173. The highest BCUT2D eigenvalue weighted by Gasteiger charge is 2.16. The van der Waals surface area contributed by atoms with Gasteiger partial charge in [0.25, 0.3) is 0 Å². The Morgan fingerprint density at radius 3 is 2.60 bits per heavy atom. The number of rotatable bonds is 8. The third-order valence-electron chi connectivity index (χ3n) is 3.09. The molecule has 15 heavy (non-hydrogen) atoms. The molecule has 0 atom stereocenters. The molecule has 1 nitrogen and oxygen atoms in total. The van der Waals surface area contributed by atoms with Gasteiger partial charge in [0, 0.05) is 11.7 Å². The summed E-state index contributed by atoms with van der Waals surface area (Å²) in [5.41, 5.74) is 0. The summed E-state index contributed by atoms with van der Waals surface area (Å²) in [5.74, 6) is 1.25. The Labute approximate surface area is 98.4 Å². The quantitative estimate of drug-likeness (QED) is 0.579. The van der Waals surface area contributed by atoms with Gasteiger partial charge in [0.15, 0.2) is 0 Å². The van der Waals surface area contributed by atoms with Crippen molar-refractivity contribution in [2.45, 2.75) is 70.0 Å². The van der Waals surface area contributed by atoms with Crippen LogP contribution in [0.15, 0.2) is 0 Å². The third kappa shape index (κ3) is 6.24. The summed E-state index contributed by atoms with van der Waals surface area (Å²) in [6, 6.07) is 0. The van der Waals surface area contributed by atoms with Gasteiger partial charge in [0.1, 0.15) is 5.78 Å². The maximum Gasteiger partial charge on any atom is 0.142 e. The van der Waals surface area contributed by atoms with Crippen molar-refractivity contribution >= 4 is 17.5 Å². The maximum atomic E-state index is 11.5. The summed E-state index contributed by atoms with van der Waals surface area (Å²) >= 11 is 1.91. The largest absolute Gasteiger partial charge is 0.299 e. The van der Waals surface area contributed by atoms with Gasteiger partial charge in [0.2, 0.25) is 0 Å². The zero-order valence-electron chi connectivity index (χ0n) is 9.96. The lowest BCUT2D eigenvalue weighted by Gasteiger charge is -2.07. The molecule has 1 aliphatic carbocycles. The van der Waals surface area contributed by atoms with Crippen LogP contribution in [0, 0.1) is 0 Å². The van der Waals surface area contributed by atoms with E-state index < -0.39 is 0 Å². The van der Waals surface area contributed by atoms with Crippen LogP contribution in [0.4, 0.5) is 0 Å². The Kier molecular flexibility index (Phi) is 7.16. The van der Waals surface area contributed by atoms with E-state index in [2.05, 4.69) is 6.92 Å². The minimum atomic E-state index is 0.475. The molecule has 1 aliphatic rings. The molecule has 0 aromatic rings. The number of unbranched alkanes of at least 4 members (excludes halogenated alkanes) is 3. The van der Waals surface area contributed by atoms with E-state index in [4.69, 9.17) is 0 Å². The Hall–Kier alpha value is 0.0200. The van der Waals surface area contributed by atoms with Crippen LogP contribution in [0.2, 0.25) is 0 Å². The molecule has 88 valence electrons. The minimum absolute atomic E-state index is 0.475. The molecule has 0 saturated heterocycles. The molecule has 0 unspecified atom stereocenters. The van der Waals surface area contributed by atoms with Gasteiger partial charge < -0.3 is 0 Å². The van der Waals surface area contributed by atoms with Crippen molar-refractivity contribution in [1.82, 2.24) is 0 Å². The standard InChI is InChI=1S/C13H24OS/c1-2-3-4-5-8-12(14)11-15-13-9-6-7-10-13/h13H,2-11H2,1H3. The van der Waals surface area contributed by atoms with E-state index in [1.165, 1.54) is 44.9 Å². The lowest BCUT2D eigenvalue weighted by atomic mass is 10.1. The first kappa shape index (κ1) is 13.1. The number of ketones is 1. The first-order valence-corrected chi connectivity index (χ1v) is 7.51. The summed E-state index contributed by atoms with van der Waals surface area (Å²) < 4.78 is 0. The predicted octanol–water partition coefficient (Wildman–Crippen LogP) is 4.20. The lowest BCUT2D eigenvalue weighted by molar-refractivity contribution is -0.116. The van der Waals surface area contributed by atoms with Crippen LogP contribution in [-0.4, -0.2) is 16.8 Å². The first-order chi connectivity index (χ1) is 7.33. The fourth-order valence-electron chi connectivity index (χ4n) is 2.09.